The van der Waals surface area contributed by atoms with E-state index >= 15 is 0 Å². The Labute approximate surface area is 70.0 Å². The molecule has 1 N–H and O–H groups in total. The van der Waals surface area contributed by atoms with Crippen molar-refractivity contribution in [3.63, 3.8) is 0 Å². The van der Waals surface area contributed by atoms with Gasteiger partial charge >= 0.3 is 5.82 Å². The molecule has 1 atom stereocenters. The van der Waals surface area contributed by atoms with Gasteiger partial charge in [0.15, 0.2) is 5.76 Å². The molecule has 7 heteroatoms. The van der Waals surface area contributed by atoms with Gasteiger partial charge in [0.05, 0.1) is 6.54 Å². The Morgan fingerprint density at radius 3 is 2.67 bits per heavy atom. The highest BCUT2D eigenvalue weighted by atomic mass is 32.2. The third kappa shape index (κ3) is 2.29. The Kier molecular flexibility index (Phi) is 2.79. The first-order valence-electron chi connectivity index (χ1n) is 3.02. The zero-order valence-electron chi connectivity index (χ0n) is 6.16. The molecule has 0 aliphatic carbocycles. The molecule has 0 radical (unpaired) electrons. The molecule has 0 aliphatic rings. The molecule has 0 aromatic carbocycles. The van der Waals surface area contributed by atoms with Crippen LogP contribution in [0.5, 0.6) is 0 Å². The van der Waals surface area contributed by atoms with Crippen LogP contribution in [0.3, 0.4) is 0 Å². The average Bonchev–Trinajstić information content (AvgIpc) is 2.26. The van der Waals surface area contributed by atoms with Crippen LogP contribution in [-0.4, -0.2) is 8.76 Å². The highest BCUT2D eigenvalue weighted by Crippen LogP contribution is 2.03. The normalized spacial score (nSPS) is 13.2. The summed E-state index contributed by atoms with van der Waals surface area (Å²) in [6, 6.07) is 0. The highest BCUT2D eigenvalue weighted by Gasteiger charge is 2.06. The number of aryl methyl sites for hydroxylation is 1. The van der Waals surface area contributed by atoms with Gasteiger partial charge in [-0.3, -0.25) is 4.21 Å². The molecule has 68 valence electrons. The van der Waals surface area contributed by atoms with Gasteiger partial charge < -0.3 is 13.4 Å². The van der Waals surface area contributed by atoms with Crippen molar-refractivity contribution in [2.45, 2.75) is 13.5 Å². The largest absolute Gasteiger partial charge is 0.760 e. The van der Waals surface area contributed by atoms with E-state index in [2.05, 4.69) is 8.83 Å². The first kappa shape index (κ1) is 9.17. The minimum Gasteiger partial charge on any atom is -0.760 e. The van der Waals surface area contributed by atoms with Gasteiger partial charge in [0.1, 0.15) is 5.76 Å². The van der Waals surface area contributed by atoms with Crippen molar-refractivity contribution in [3.8, 4) is 0 Å². The van der Waals surface area contributed by atoms with Crippen LogP contribution in [0.1, 0.15) is 11.5 Å². The number of nitrogens with one attached hydrogen (secondary N) is 1. The zero-order valence-corrected chi connectivity index (χ0v) is 6.97. The molecule has 0 saturated carbocycles. The molecule has 1 unspecified atom stereocenters. The number of rotatable bonds is 3. The molecule has 1 rings (SSSR count). The molecule has 1 heterocycles. The van der Waals surface area contributed by atoms with Crippen molar-refractivity contribution in [1.29, 1.82) is 0 Å². The van der Waals surface area contributed by atoms with E-state index in [0.717, 1.165) is 0 Å². The van der Waals surface area contributed by atoms with E-state index in [-0.39, 0.29) is 18.1 Å². The molecule has 1 aromatic heterocycles. The Balaban J connectivity index is 2.69. The van der Waals surface area contributed by atoms with Crippen LogP contribution in [0.25, 0.3) is 0 Å². The Hall–Kier alpha value is -0.920. The average molecular weight is 192 g/mol. The maximum Gasteiger partial charge on any atom is 0.519 e. The monoisotopic (exact) mass is 192 g/mol. The van der Waals surface area contributed by atoms with Crippen LogP contribution < -0.4 is 10.5 Å². The summed E-state index contributed by atoms with van der Waals surface area (Å²) < 4.78 is 31.1. The van der Waals surface area contributed by atoms with Gasteiger partial charge in [0.25, 0.3) is 0 Å². The Morgan fingerprint density at radius 1 is 1.58 bits per heavy atom. The first-order chi connectivity index (χ1) is 5.59. The predicted octanol–water partition coefficient (Wildman–Crippen LogP) is -0.575. The van der Waals surface area contributed by atoms with Gasteiger partial charge in [0, 0.05) is 11.3 Å². The van der Waals surface area contributed by atoms with Gasteiger partial charge in [0.2, 0.25) is 0 Å². The summed E-state index contributed by atoms with van der Waals surface area (Å²) in [7, 11) is 0. The summed E-state index contributed by atoms with van der Waals surface area (Å²) in [5.41, 5.74) is 0. The van der Waals surface area contributed by atoms with E-state index in [9.17, 15) is 13.6 Å². The van der Waals surface area contributed by atoms with Gasteiger partial charge in [-0.05, 0) is 6.92 Å². The van der Waals surface area contributed by atoms with Gasteiger partial charge in [-0.1, -0.05) is 0 Å². The van der Waals surface area contributed by atoms with Gasteiger partial charge in [-0.25, -0.2) is 9.52 Å². The minimum atomic E-state index is -2.37. The fraction of sp³-hybridized carbons (Fsp3) is 0.400. The molecular weight excluding hydrogens is 186 g/mol. The van der Waals surface area contributed by atoms with Crippen molar-refractivity contribution in [2.75, 3.05) is 0 Å². The van der Waals surface area contributed by atoms with Crippen molar-refractivity contribution in [2.24, 2.45) is 0 Å². The Morgan fingerprint density at radius 2 is 2.25 bits per heavy atom. The van der Waals surface area contributed by atoms with Crippen LogP contribution in [0.2, 0.25) is 0 Å². The lowest BCUT2D eigenvalue weighted by Crippen LogP contribution is -2.15. The van der Waals surface area contributed by atoms with Crippen molar-refractivity contribution in [1.82, 2.24) is 4.72 Å². The molecule has 0 aliphatic heterocycles. The molecule has 0 spiro atoms. The van der Waals surface area contributed by atoms with E-state index in [1.165, 1.54) is 6.92 Å². The Bertz CT molecular complexity index is 340. The molecule has 1 aromatic rings. The SMILES string of the molecule is Cc1oc(=O)oc1CNS(=O)[O-]. The lowest BCUT2D eigenvalue weighted by molar-refractivity contribution is 0.367. The van der Waals surface area contributed by atoms with Crippen LogP contribution in [0, 0.1) is 6.92 Å². The maximum absolute atomic E-state index is 10.4. The number of hydrogen-bond donors (Lipinski definition) is 1. The van der Waals surface area contributed by atoms with E-state index in [1.807, 2.05) is 4.72 Å². The summed E-state index contributed by atoms with van der Waals surface area (Å²) in [5, 5.41) is 0. The standard InChI is InChI=1S/C5H7NO5S/c1-3-4(2-6-12(8)9)11-5(7)10-3/h6H,2H2,1H3,(H,8,9)/p-1. The lowest BCUT2D eigenvalue weighted by atomic mass is 10.4. The van der Waals surface area contributed by atoms with E-state index in [1.54, 1.807) is 0 Å². The fourth-order valence-electron chi connectivity index (χ4n) is 0.660. The molecule has 0 bridgehead atoms. The van der Waals surface area contributed by atoms with Crippen LogP contribution >= 0.6 is 0 Å². The van der Waals surface area contributed by atoms with Crippen LogP contribution in [-0.2, 0) is 17.8 Å². The van der Waals surface area contributed by atoms with Crippen LogP contribution in [0.15, 0.2) is 13.6 Å². The van der Waals surface area contributed by atoms with Crippen molar-refractivity contribution in [3.05, 3.63) is 22.1 Å². The third-order valence-corrected chi connectivity index (χ3v) is 1.57. The second kappa shape index (κ2) is 3.65. The first-order valence-corrected chi connectivity index (χ1v) is 4.09. The van der Waals surface area contributed by atoms with Crippen molar-refractivity contribution < 1.29 is 17.6 Å². The van der Waals surface area contributed by atoms with Crippen molar-refractivity contribution >= 4 is 11.3 Å². The third-order valence-electron chi connectivity index (χ3n) is 1.19. The second-order valence-corrected chi connectivity index (χ2v) is 2.75. The smallest absolute Gasteiger partial charge is 0.519 e. The lowest BCUT2D eigenvalue weighted by Gasteiger charge is -2.03. The summed E-state index contributed by atoms with van der Waals surface area (Å²) >= 11 is -2.37. The molecular formula is C5H6NO5S-. The highest BCUT2D eigenvalue weighted by molar-refractivity contribution is 7.77. The molecule has 0 saturated heterocycles. The summed E-state index contributed by atoms with van der Waals surface area (Å²) in [5.74, 6) is -0.372. The summed E-state index contributed by atoms with van der Waals surface area (Å²) in [6.07, 6.45) is 0. The molecule has 6 nitrogen and oxygen atoms in total. The molecule has 0 fully saturated rings. The number of hydrogen-bond acceptors (Lipinski definition) is 5. The molecule has 0 amide bonds. The fourth-order valence-corrected chi connectivity index (χ4v) is 0.909. The van der Waals surface area contributed by atoms with E-state index in [0.29, 0.717) is 0 Å². The maximum atomic E-state index is 10.4. The quantitative estimate of drug-likeness (QED) is 0.646. The summed E-state index contributed by atoms with van der Waals surface area (Å²) in [6.45, 7) is 1.43. The van der Waals surface area contributed by atoms with E-state index in [4.69, 9.17) is 0 Å². The summed E-state index contributed by atoms with van der Waals surface area (Å²) in [4.78, 5) is 10.4. The predicted molar refractivity (Wildman–Crippen MR) is 37.7 cm³/mol. The minimum absolute atomic E-state index is 0.0757. The molecule has 12 heavy (non-hydrogen) atoms. The van der Waals surface area contributed by atoms with Crippen LogP contribution in [0.4, 0.5) is 0 Å². The van der Waals surface area contributed by atoms with Gasteiger partial charge in [-0.2, -0.15) is 0 Å². The van der Waals surface area contributed by atoms with E-state index < -0.39 is 17.1 Å². The topological polar surface area (TPSA) is 95.5 Å². The second-order valence-electron chi connectivity index (χ2n) is 1.99. The van der Waals surface area contributed by atoms with Gasteiger partial charge in [-0.15, -0.1) is 0 Å². The zero-order chi connectivity index (χ0) is 9.14.